The minimum absolute atomic E-state index is 0.893. The minimum atomic E-state index is 0.893. The van der Waals surface area contributed by atoms with Crippen molar-refractivity contribution in [2.24, 2.45) is 0 Å². The average molecular weight is 553 g/mol. The van der Waals surface area contributed by atoms with Gasteiger partial charge in [0.15, 0.2) is 0 Å². The number of para-hydroxylation sites is 5. The number of allylic oxidation sites excluding steroid dienone is 2. The molecule has 0 N–H and O–H groups in total. The highest BCUT2D eigenvalue weighted by atomic mass is 16.3. The molecule has 0 radical (unpaired) electrons. The molecular weight excluding hydrogens is 524 g/mol. The van der Waals surface area contributed by atoms with Gasteiger partial charge in [-0.3, -0.25) is 0 Å². The number of benzene rings is 6. The third-order valence-corrected chi connectivity index (χ3v) is 9.08. The van der Waals surface area contributed by atoms with Crippen LogP contribution in [0.15, 0.2) is 138 Å². The molecule has 0 saturated heterocycles. The largest absolute Gasteiger partial charge is 0.455 e. The molecule has 0 aliphatic rings. The molecule has 0 atom stereocenters. The Hall–Kier alpha value is -5.54. The number of nitrogens with zero attached hydrogens (tertiary/aromatic N) is 2. The molecule has 43 heavy (non-hydrogen) atoms. The van der Waals surface area contributed by atoms with Gasteiger partial charge >= 0.3 is 0 Å². The zero-order valence-electron chi connectivity index (χ0n) is 24.0. The van der Waals surface area contributed by atoms with E-state index in [1.54, 1.807) is 0 Å². The Bertz CT molecular complexity index is 2480. The van der Waals surface area contributed by atoms with Crippen molar-refractivity contribution in [2.45, 2.75) is 13.8 Å². The van der Waals surface area contributed by atoms with Gasteiger partial charge in [-0.05, 0) is 55.8 Å². The van der Waals surface area contributed by atoms with E-state index in [-0.39, 0.29) is 0 Å². The molecule has 3 aromatic heterocycles. The molecular formula is C40H28N2O. The Morgan fingerprint density at radius 1 is 0.535 bits per heavy atom. The molecule has 0 bridgehead atoms. The van der Waals surface area contributed by atoms with Crippen LogP contribution in [-0.2, 0) is 0 Å². The summed E-state index contributed by atoms with van der Waals surface area (Å²) in [6.07, 6.45) is 2.19. The van der Waals surface area contributed by atoms with Crippen molar-refractivity contribution in [3.63, 3.8) is 0 Å². The van der Waals surface area contributed by atoms with Crippen LogP contribution in [-0.4, -0.2) is 9.13 Å². The number of furan rings is 1. The lowest BCUT2D eigenvalue weighted by molar-refractivity contribution is 0.667. The zero-order valence-corrected chi connectivity index (χ0v) is 24.0. The van der Waals surface area contributed by atoms with Gasteiger partial charge in [0.25, 0.3) is 0 Å². The highest BCUT2D eigenvalue weighted by molar-refractivity contribution is 6.18. The van der Waals surface area contributed by atoms with Crippen molar-refractivity contribution in [3.8, 4) is 11.4 Å². The van der Waals surface area contributed by atoms with E-state index in [1.165, 1.54) is 49.2 Å². The number of hydrogen-bond donors (Lipinski definition) is 0. The summed E-state index contributed by atoms with van der Waals surface area (Å²) in [5.74, 6) is 0. The van der Waals surface area contributed by atoms with Crippen LogP contribution in [0.25, 0.3) is 82.5 Å². The molecule has 0 aliphatic heterocycles. The van der Waals surface area contributed by atoms with E-state index in [2.05, 4.69) is 156 Å². The lowest BCUT2D eigenvalue weighted by Crippen LogP contribution is -2.03. The number of hydrogen-bond acceptors (Lipinski definition) is 1. The van der Waals surface area contributed by atoms with Gasteiger partial charge in [-0.2, -0.15) is 0 Å². The average Bonchev–Trinajstić information content (AvgIpc) is 3.72. The quantitative estimate of drug-likeness (QED) is 0.214. The second-order valence-electron chi connectivity index (χ2n) is 11.3. The van der Waals surface area contributed by atoms with E-state index in [1.807, 2.05) is 0 Å². The topological polar surface area (TPSA) is 23.0 Å². The lowest BCUT2D eigenvalue weighted by Gasteiger charge is -2.19. The normalized spacial score (nSPS) is 12.6. The molecule has 0 saturated carbocycles. The van der Waals surface area contributed by atoms with Crippen molar-refractivity contribution in [1.82, 2.24) is 9.13 Å². The highest BCUT2D eigenvalue weighted by Crippen LogP contribution is 2.45. The molecule has 204 valence electrons. The smallest absolute Gasteiger partial charge is 0.147 e. The van der Waals surface area contributed by atoms with Gasteiger partial charge < -0.3 is 13.6 Å². The Labute approximate surface area is 248 Å². The summed E-state index contributed by atoms with van der Waals surface area (Å²) in [6, 6.07) is 45.7. The van der Waals surface area contributed by atoms with Crippen molar-refractivity contribution >= 4 is 71.1 Å². The Balaban J connectivity index is 1.57. The Kier molecular flexibility index (Phi) is 5.03. The number of fused-ring (bicyclic) bond motifs is 9. The maximum absolute atomic E-state index is 6.86. The van der Waals surface area contributed by atoms with Gasteiger partial charge in [0.1, 0.15) is 11.2 Å². The fourth-order valence-corrected chi connectivity index (χ4v) is 7.11. The monoisotopic (exact) mass is 552 g/mol. The molecule has 9 aromatic rings. The van der Waals surface area contributed by atoms with E-state index in [9.17, 15) is 0 Å². The van der Waals surface area contributed by atoms with Crippen LogP contribution in [0.2, 0.25) is 0 Å². The van der Waals surface area contributed by atoms with Gasteiger partial charge in [-0.1, -0.05) is 97.1 Å². The Morgan fingerprint density at radius 3 is 1.44 bits per heavy atom. The third-order valence-electron chi connectivity index (χ3n) is 9.08. The van der Waals surface area contributed by atoms with E-state index in [4.69, 9.17) is 4.42 Å². The fraction of sp³-hybridized carbons (Fsp3) is 0.0500. The van der Waals surface area contributed by atoms with Gasteiger partial charge in [-0.15, -0.1) is 0 Å². The second kappa shape index (κ2) is 8.98. The summed E-state index contributed by atoms with van der Waals surface area (Å²) in [7, 11) is 0. The van der Waals surface area contributed by atoms with Crippen LogP contribution in [0.1, 0.15) is 19.4 Å². The lowest BCUT2D eigenvalue weighted by atomic mass is 9.98. The summed E-state index contributed by atoms with van der Waals surface area (Å²) in [4.78, 5) is 0. The van der Waals surface area contributed by atoms with Gasteiger partial charge in [0.05, 0.1) is 38.8 Å². The molecule has 0 fully saturated rings. The molecule has 3 heterocycles. The first-order chi connectivity index (χ1) is 21.2. The predicted molar refractivity (Wildman–Crippen MR) is 182 cm³/mol. The second-order valence-corrected chi connectivity index (χ2v) is 11.3. The maximum Gasteiger partial charge on any atom is 0.147 e. The van der Waals surface area contributed by atoms with E-state index in [0.29, 0.717) is 0 Å². The molecule has 0 aliphatic carbocycles. The van der Waals surface area contributed by atoms with Crippen LogP contribution in [0.4, 0.5) is 0 Å². The van der Waals surface area contributed by atoms with Gasteiger partial charge in [0.2, 0.25) is 0 Å². The summed E-state index contributed by atoms with van der Waals surface area (Å²) >= 11 is 0. The first-order valence-electron chi connectivity index (χ1n) is 14.8. The van der Waals surface area contributed by atoms with Crippen molar-refractivity contribution in [1.29, 1.82) is 0 Å². The molecule has 0 unspecified atom stereocenters. The van der Waals surface area contributed by atoms with Crippen LogP contribution < -0.4 is 0 Å². The third kappa shape index (κ3) is 3.25. The summed E-state index contributed by atoms with van der Waals surface area (Å²) < 4.78 is 11.7. The maximum atomic E-state index is 6.86. The molecule has 0 amide bonds. The van der Waals surface area contributed by atoms with Crippen molar-refractivity contribution in [3.05, 3.63) is 139 Å². The summed E-state index contributed by atoms with van der Waals surface area (Å²) in [5.41, 5.74) is 11.0. The molecule has 0 spiro atoms. The van der Waals surface area contributed by atoms with E-state index in [0.717, 1.165) is 38.9 Å². The summed E-state index contributed by atoms with van der Waals surface area (Å²) in [6.45, 7) is 4.31. The number of aromatic nitrogens is 2. The fourth-order valence-electron chi connectivity index (χ4n) is 7.11. The Morgan fingerprint density at radius 2 is 0.953 bits per heavy atom. The van der Waals surface area contributed by atoms with Crippen molar-refractivity contribution in [2.75, 3.05) is 0 Å². The predicted octanol–water partition coefficient (Wildman–Crippen LogP) is 11.2. The van der Waals surface area contributed by atoms with Crippen molar-refractivity contribution < 1.29 is 4.42 Å². The first-order valence-corrected chi connectivity index (χ1v) is 14.8. The van der Waals surface area contributed by atoms with Gasteiger partial charge in [0, 0.05) is 32.5 Å². The van der Waals surface area contributed by atoms with E-state index >= 15 is 0 Å². The first kappa shape index (κ1) is 24.1. The van der Waals surface area contributed by atoms with Crippen LogP contribution in [0.5, 0.6) is 0 Å². The minimum Gasteiger partial charge on any atom is -0.455 e. The SMILES string of the molecule is C/C=C(/C)c1c(-n2c3ccccc3c3ccccc32)cc(-n2c3ccccc3c3ccccc32)c2c1oc1ccccc12. The zero-order chi connectivity index (χ0) is 28.7. The molecule has 3 nitrogen and oxygen atoms in total. The number of rotatable bonds is 3. The van der Waals surface area contributed by atoms with Crippen LogP contribution in [0.3, 0.4) is 0 Å². The van der Waals surface area contributed by atoms with Crippen LogP contribution in [0, 0.1) is 0 Å². The van der Waals surface area contributed by atoms with Crippen LogP contribution >= 0.6 is 0 Å². The molecule has 6 aromatic carbocycles. The van der Waals surface area contributed by atoms with Gasteiger partial charge in [-0.25, -0.2) is 0 Å². The molecule has 3 heteroatoms. The summed E-state index contributed by atoms with van der Waals surface area (Å²) in [5, 5.41) is 7.21. The highest BCUT2D eigenvalue weighted by Gasteiger charge is 2.25. The van der Waals surface area contributed by atoms with E-state index < -0.39 is 0 Å². The standard InChI is InChI=1S/C40H28N2O/c1-3-25(2)38-35(41-31-19-9-4-14-26(31)27-15-5-10-20-32(27)41)24-36(39-30-18-8-13-23-37(30)43-40(38)39)42-33-21-11-6-16-28(33)29-17-7-12-22-34(29)42/h3-24H,1-2H3/b25-3-. The molecule has 9 rings (SSSR count).